The molecule has 4 rings (SSSR count). The number of rotatable bonds is 4. The second-order valence-electron chi connectivity index (χ2n) is 6.60. The molecule has 7 heteroatoms. The van der Waals surface area contributed by atoms with E-state index < -0.39 is 4.92 Å². The molecule has 2 aromatic heterocycles. The molecule has 1 N–H and O–H groups in total. The summed E-state index contributed by atoms with van der Waals surface area (Å²) >= 11 is 0. The number of benzene rings is 2. The van der Waals surface area contributed by atoms with Crippen molar-refractivity contribution in [3.63, 3.8) is 0 Å². The quantitative estimate of drug-likeness (QED) is 0.430. The fourth-order valence-electron chi connectivity index (χ4n) is 3.12. The van der Waals surface area contributed by atoms with Crippen LogP contribution in [0, 0.1) is 17.0 Å². The first kappa shape index (κ1) is 18.2. The van der Waals surface area contributed by atoms with Crippen LogP contribution in [-0.4, -0.2) is 14.7 Å². The number of hydrogen-bond acceptors (Lipinski definition) is 4. The van der Waals surface area contributed by atoms with Gasteiger partial charge in [-0.05, 0) is 48.9 Å². The van der Waals surface area contributed by atoms with E-state index in [-0.39, 0.29) is 11.2 Å². The zero-order valence-electron chi connectivity index (χ0n) is 15.6. The molecule has 7 nitrogen and oxygen atoms in total. The van der Waals surface area contributed by atoms with Gasteiger partial charge in [-0.15, -0.1) is 0 Å². The number of nitro groups is 1. The molecule has 0 spiro atoms. The van der Waals surface area contributed by atoms with Gasteiger partial charge in [0.05, 0.1) is 26.7 Å². The fraction of sp³-hybridized carbons (Fsp3) is 0.0455. The van der Waals surface area contributed by atoms with E-state index in [1.807, 2.05) is 30.3 Å². The van der Waals surface area contributed by atoms with Crippen molar-refractivity contribution in [3.8, 4) is 17.0 Å². The van der Waals surface area contributed by atoms with E-state index in [2.05, 4.69) is 11.7 Å². The summed E-state index contributed by atoms with van der Waals surface area (Å²) in [7, 11) is 0. The van der Waals surface area contributed by atoms with Gasteiger partial charge in [-0.3, -0.25) is 20.0 Å². The topological polar surface area (TPSA) is 94.1 Å². The van der Waals surface area contributed by atoms with Gasteiger partial charge in [0, 0.05) is 6.07 Å². The molecular weight excluding hydrogens is 370 g/mol. The van der Waals surface area contributed by atoms with Crippen LogP contribution in [0.15, 0.2) is 69.9 Å². The molecule has 2 heterocycles. The Morgan fingerprint density at radius 2 is 1.90 bits per heavy atom. The van der Waals surface area contributed by atoms with Crippen LogP contribution >= 0.6 is 0 Å². The highest BCUT2D eigenvalue weighted by Crippen LogP contribution is 2.32. The molecule has 0 aliphatic carbocycles. The minimum Gasteiger partial charge on any atom is -0.456 e. The lowest BCUT2D eigenvalue weighted by Gasteiger charge is -2.00. The number of aromatic nitrogens is 2. The first-order valence-corrected chi connectivity index (χ1v) is 8.86. The molecule has 0 aliphatic rings. The summed E-state index contributed by atoms with van der Waals surface area (Å²) in [6.45, 7) is 5.69. The number of nitrogens with zero attached hydrogens (tertiary/aromatic N) is 2. The average Bonchev–Trinajstić information content (AvgIpc) is 3.28. The zero-order chi connectivity index (χ0) is 20.5. The van der Waals surface area contributed by atoms with Crippen LogP contribution < -0.4 is 16.1 Å². The number of para-hydroxylation sites is 1. The lowest BCUT2D eigenvalue weighted by Crippen LogP contribution is -2.33. The Balaban J connectivity index is 1.79. The lowest BCUT2D eigenvalue weighted by atomic mass is 10.1. The molecular formula is C22H17N3O4. The van der Waals surface area contributed by atoms with Crippen LogP contribution in [0.5, 0.6) is 0 Å². The number of aromatic amines is 1. The maximum absolute atomic E-state index is 12.8. The largest absolute Gasteiger partial charge is 0.456 e. The van der Waals surface area contributed by atoms with Crippen molar-refractivity contribution in [3.05, 3.63) is 103 Å². The molecule has 0 unspecified atom stereocenters. The Hall–Kier alpha value is -4.13. The van der Waals surface area contributed by atoms with Crippen LogP contribution in [0.4, 0.5) is 5.69 Å². The summed E-state index contributed by atoms with van der Waals surface area (Å²) in [5, 5.41) is 15.1. The standard InChI is InChI=1S/C22H17N3O4/c1-14-8-10-18(20(12-14)25(27)28)21-11-9-17(29-21)13-19-15(2)23-24(22(19)26)16-6-4-3-5-7-16/h3-13,23H,2H2,1H3/b19-13-. The Morgan fingerprint density at radius 3 is 2.62 bits per heavy atom. The molecule has 2 aromatic carbocycles. The van der Waals surface area contributed by atoms with Crippen molar-refractivity contribution < 1.29 is 9.34 Å². The smallest absolute Gasteiger partial charge is 0.280 e. The minimum absolute atomic E-state index is 0.0307. The first-order valence-electron chi connectivity index (χ1n) is 8.86. The maximum Gasteiger partial charge on any atom is 0.280 e. The van der Waals surface area contributed by atoms with Gasteiger partial charge in [-0.2, -0.15) is 0 Å². The van der Waals surface area contributed by atoms with Crippen LogP contribution in [0.25, 0.3) is 29.7 Å². The number of hydrogen-bond donors (Lipinski definition) is 1. The van der Waals surface area contributed by atoms with E-state index in [4.69, 9.17) is 4.42 Å². The van der Waals surface area contributed by atoms with Gasteiger partial charge in [0.2, 0.25) is 0 Å². The Bertz CT molecular complexity index is 1380. The average molecular weight is 387 g/mol. The Morgan fingerprint density at radius 1 is 1.14 bits per heavy atom. The molecule has 144 valence electrons. The second-order valence-corrected chi connectivity index (χ2v) is 6.60. The third-order valence-corrected chi connectivity index (χ3v) is 4.55. The van der Waals surface area contributed by atoms with Crippen molar-refractivity contribution in [1.82, 2.24) is 9.78 Å². The third-order valence-electron chi connectivity index (χ3n) is 4.55. The van der Waals surface area contributed by atoms with Crippen LogP contribution in [0.2, 0.25) is 0 Å². The number of nitrogens with one attached hydrogen (secondary N) is 1. The summed E-state index contributed by atoms with van der Waals surface area (Å²) in [5.41, 5.74) is 1.56. The van der Waals surface area contributed by atoms with Crippen molar-refractivity contribution >= 4 is 18.3 Å². The zero-order valence-corrected chi connectivity index (χ0v) is 15.6. The molecule has 0 saturated carbocycles. The van der Waals surface area contributed by atoms with E-state index in [9.17, 15) is 14.9 Å². The van der Waals surface area contributed by atoms with Gasteiger partial charge in [0.25, 0.3) is 11.2 Å². The summed E-state index contributed by atoms with van der Waals surface area (Å²) in [6.07, 6.45) is 1.57. The first-order chi connectivity index (χ1) is 13.9. The molecule has 0 bridgehead atoms. The van der Waals surface area contributed by atoms with Crippen LogP contribution in [-0.2, 0) is 0 Å². The van der Waals surface area contributed by atoms with Crippen LogP contribution in [0.1, 0.15) is 11.3 Å². The molecule has 0 aliphatic heterocycles. The number of furan rings is 1. The molecule has 0 radical (unpaired) electrons. The summed E-state index contributed by atoms with van der Waals surface area (Å²) in [4.78, 5) is 23.7. The Kier molecular flexibility index (Phi) is 4.48. The Labute approximate surface area is 165 Å². The van der Waals surface area contributed by atoms with E-state index in [1.54, 1.807) is 37.3 Å². The van der Waals surface area contributed by atoms with Gasteiger partial charge in [0.1, 0.15) is 11.5 Å². The summed E-state index contributed by atoms with van der Waals surface area (Å²) in [5.74, 6) is 0.753. The predicted octanol–water partition coefficient (Wildman–Crippen LogP) is 2.88. The molecule has 0 saturated heterocycles. The maximum atomic E-state index is 12.8. The number of nitro benzene ring substituents is 1. The SMILES string of the molecule is C=c1[nH]n(-c2ccccc2)c(=O)/c1=C\c1ccc(-c2ccc(C)cc2[N+](=O)[O-])o1. The monoisotopic (exact) mass is 387 g/mol. The van der Waals surface area contributed by atoms with Crippen molar-refractivity contribution in [2.75, 3.05) is 0 Å². The van der Waals surface area contributed by atoms with Gasteiger partial charge >= 0.3 is 0 Å². The molecule has 0 fully saturated rings. The molecule has 0 amide bonds. The van der Waals surface area contributed by atoms with Crippen molar-refractivity contribution in [2.24, 2.45) is 0 Å². The number of aryl methyl sites for hydroxylation is 1. The van der Waals surface area contributed by atoms with Crippen molar-refractivity contribution in [2.45, 2.75) is 6.92 Å². The van der Waals surface area contributed by atoms with Gasteiger partial charge in [-0.1, -0.05) is 30.8 Å². The lowest BCUT2D eigenvalue weighted by molar-refractivity contribution is -0.384. The normalized spacial score (nSPS) is 11.7. The highest BCUT2D eigenvalue weighted by atomic mass is 16.6. The van der Waals surface area contributed by atoms with Gasteiger partial charge in [-0.25, -0.2) is 4.68 Å². The van der Waals surface area contributed by atoms with Gasteiger partial charge < -0.3 is 4.42 Å². The fourth-order valence-corrected chi connectivity index (χ4v) is 3.12. The summed E-state index contributed by atoms with van der Waals surface area (Å²) in [6, 6.07) is 17.4. The third kappa shape index (κ3) is 3.41. The highest BCUT2D eigenvalue weighted by molar-refractivity contribution is 5.71. The van der Waals surface area contributed by atoms with E-state index in [0.717, 1.165) is 5.56 Å². The molecule has 0 atom stereocenters. The molecule has 29 heavy (non-hydrogen) atoms. The predicted molar refractivity (Wildman–Crippen MR) is 110 cm³/mol. The van der Waals surface area contributed by atoms with E-state index >= 15 is 0 Å². The summed E-state index contributed by atoms with van der Waals surface area (Å²) < 4.78 is 7.19. The highest BCUT2D eigenvalue weighted by Gasteiger charge is 2.18. The minimum atomic E-state index is -0.438. The number of H-pyrrole nitrogens is 1. The van der Waals surface area contributed by atoms with Gasteiger partial charge in [0.15, 0.2) is 0 Å². The van der Waals surface area contributed by atoms with E-state index in [1.165, 1.54) is 10.7 Å². The van der Waals surface area contributed by atoms with Crippen molar-refractivity contribution in [1.29, 1.82) is 0 Å². The van der Waals surface area contributed by atoms with E-state index in [0.29, 0.717) is 33.3 Å². The second kappa shape index (κ2) is 7.12. The molecule has 4 aromatic rings. The van der Waals surface area contributed by atoms with Crippen LogP contribution in [0.3, 0.4) is 0 Å².